The van der Waals surface area contributed by atoms with Crippen LogP contribution in [-0.2, 0) is 11.4 Å². The molecule has 0 aromatic heterocycles. The summed E-state index contributed by atoms with van der Waals surface area (Å²) in [6.45, 7) is 2.16. The predicted octanol–water partition coefficient (Wildman–Crippen LogP) is 7.19. The normalized spacial score (nSPS) is 11.0. The Morgan fingerprint density at radius 1 is 1.16 bits per heavy atom. The smallest absolute Gasteiger partial charge is 0.266 e. The number of benzene rings is 3. The molecule has 0 aliphatic heterocycles. The van der Waals surface area contributed by atoms with Crippen LogP contribution >= 0.6 is 39.1 Å². The van der Waals surface area contributed by atoms with E-state index in [2.05, 4.69) is 21.2 Å². The standard InChI is InChI=1S/C24H17BrCl2N2O2/c1-15-5-7-21(12-22(15)27)29-24(30)18(13-28)10-17-11-19(25)6-8-23(17)31-14-16-3-2-4-20(26)9-16/h2-12H,14H2,1H3,(H,29,30)/b18-10+. The number of nitriles is 1. The highest BCUT2D eigenvalue weighted by Crippen LogP contribution is 2.27. The summed E-state index contributed by atoms with van der Waals surface area (Å²) in [4.78, 5) is 12.6. The number of anilines is 1. The lowest BCUT2D eigenvalue weighted by molar-refractivity contribution is -0.112. The Labute approximate surface area is 199 Å². The summed E-state index contributed by atoms with van der Waals surface area (Å²) >= 11 is 15.6. The summed E-state index contributed by atoms with van der Waals surface area (Å²) in [6.07, 6.45) is 1.49. The molecule has 4 nitrogen and oxygen atoms in total. The molecule has 7 heteroatoms. The van der Waals surface area contributed by atoms with Crippen molar-refractivity contribution >= 4 is 56.8 Å². The van der Waals surface area contributed by atoms with E-state index in [1.165, 1.54) is 6.08 Å². The lowest BCUT2D eigenvalue weighted by Crippen LogP contribution is -2.13. The molecule has 0 atom stereocenters. The van der Waals surface area contributed by atoms with Crippen LogP contribution in [0.25, 0.3) is 6.08 Å². The molecule has 31 heavy (non-hydrogen) atoms. The number of amides is 1. The number of aryl methyl sites for hydroxylation is 1. The zero-order chi connectivity index (χ0) is 22.4. The van der Waals surface area contributed by atoms with E-state index in [-0.39, 0.29) is 5.57 Å². The first kappa shape index (κ1) is 22.9. The van der Waals surface area contributed by atoms with Crippen molar-refractivity contribution in [1.29, 1.82) is 5.26 Å². The topological polar surface area (TPSA) is 62.1 Å². The number of carbonyl (C=O) groups excluding carboxylic acids is 1. The monoisotopic (exact) mass is 514 g/mol. The van der Waals surface area contributed by atoms with Gasteiger partial charge in [0.2, 0.25) is 0 Å². The van der Waals surface area contributed by atoms with Gasteiger partial charge in [0, 0.05) is 25.8 Å². The number of nitrogens with one attached hydrogen (secondary N) is 1. The Hall–Kier alpha value is -2.78. The van der Waals surface area contributed by atoms with Gasteiger partial charge in [0.05, 0.1) is 0 Å². The maximum Gasteiger partial charge on any atom is 0.266 e. The van der Waals surface area contributed by atoms with E-state index in [4.69, 9.17) is 27.9 Å². The van der Waals surface area contributed by atoms with Gasteiger partial charge in [-0.2, -0.15) is 5.26 Å². The fourth-order valence-electron chi connectivity index (χ4n) is 2.72. The third-order valence-corrected chi connectivity index (χ3v) is 5.49. The van der Waals surface area contributed by atoms with Gasteiger partial charge in [-0.15, -0.1) is 0 Å². The number of ether oxygens (including phenoxy) is 1. The Balaban J connectivity index is 1.83. The molecule has 0 aliphatic rings. The highest BCUT2D eigenvalue weighted by atomic mass is 79.9. The van der Waals surface area contributed by atoms with Crippen molar-refractivity contribution in [3.8, 4) is 11.8 Å². The van der Waals surface area contributed by atoms with Crippen LogP contribution in [0.4, 0.5) is 5.69 Å². The summed E-state index contributed by atoms with van der Waals surface area (Å²) in [7, 11) is 0. The van der Waals surface area contributed by atoms with Crippen molar-refractivity contribution in [2.24, 2.45) is 0 Å². The second kappa shape index (κ2) is 10.5. The van der Waals surface area contributed by atoms with E-state index in [9.17, 15) is 10.1 Å². The number of hydrogen-bond acceptors (Lipinski definition) is 3. The van der Waals surface area contributed by atoms with Gasteiger partial charge in [0.1, 0.15) is 24.0 Å². The summed E-state index contributed by atoms with van der Waals surface area (Å²) in [5.41, 5.74) is 2.83. The molecule has 0 radical (unpaired) electrons. The first-order valence-corrected chi connectivity index (χ1v) is 10.8. The maximum atomic E-state index is 12.6. The van der Waals surface area contributed by atoms with Gasteiger partial charge in [0.25, 0.3) is 5.91 Å². The molecule has 1 N–H and O–H groups in total. The van der Waals surface area contributed by atoms with E-state index in [0.717, 1.165) is 15.6 Å². The number of nitrogens with zero attached hydrogens (tertiary/aromatic N) is 1. The minimum atomic E-state index is -0.539. The highest BCUT2D eigenvalue weighted by molar-refractivity contribution is 9.10. The van der Waals surface area contributed by atoms with Gasteiger partial charge in [-0.3, -0.25) is 4.79 Å². The average Bonchev–Trinajstić information content (AvgIpc) is 2.74. The summed E-state index contributed by atoms with van der Waals surface area (Å²) in [6, 6.07) is 19.8. The second-order valence-corrected chi connectivity index (χ2v) is 8.45. The molecule has 156 valence electrons. The predicted molar refractivity (Wildman–Crippen MR) is 128 cm³/mol. The molecule has 0 unspecified atom stereocenters. The molecule has 0 aliphatic carbocycles. The molecule has 3 aromatic carbocycles. The van der Waals surface area contributed by atoms with Gasteiger partial charge in [-0.05, 0) is 66.6 Å². The SMILES string of the molecule is Cc1ccc(NC(=O)/C(C#N)=C/c2cc(Br)ccc2OCc2cccc(Cl)c2)cc1Cl. The second-order valence-electron chi connectivity index (χ2n) is 6.69. The van der Waals surface area contributed by atoms with Crippen molar-refractivity contribution in [3.05, 3.63) is 97.4 Å². The summed E-state index contributed by atoms with van der Waals surface area (Å²) in [5.74, 6) is -0.00899. The third kappa shape index (κ3) is 6.35. The van der Waals surface area contributed by atoms with Gasteiger partial charge in [-0.1, -0.05) is 57.3 Å². The quantitative estimate of drug-likeness (QED) is 0.279. The van der Waals surface area contributed by atoms with Crippen LogP contribution in [0.15, 0.2) is 70.7 Å². The van der Waals surface area contributed by atoms with Crippen molar-refractivity contribution < 1.29 is 9.53 Å². The lowest BCUT2D eigenvalue weighted by atomic mass is 10.1. The molecule has 1 amide bonds. The third-order valence-electron chi connectivity index (χ3n) is 4.35. The average molecular weight is 516 g/mol. The highest BCUT2D eigenvalue weighted by Gasteiger charge is 2.13. The van der Waals surface area contributed by atoms with Crippen molar-refractivity contribution in [2.75, 3.05) is 5.32 Å². The van der Waals surface area contributed by atoms with Crippen molar-refractivity contribution in [2.45, 2.75) is 13.5 Å². The van der Waals surface area contributed by atoms with Crippen LogP contribution in [0.2, 0.25) is 10.0 Å². The zero-order valence-electron chi connectivity index (χ0n) is 16.5. The number of carbonyl (C=O) groups is 1. The van der Waals surface area contributed by atoms with E-state index in [1.807, 2.05) is 37.3 Å². The van der Waals surface area contributed by atoms with Gasteiger partial charge >= 0.3 is 0 Å². The Bertz CT molecular complexity index is 1200. The molecule has 0 saturated carbocycles. The Morgan fingerprint density at radius 2 is 1.97 bits per heavy atom. The van der Waals surface area contributed by atoms with Crippen LogP contribution in [-0.4, -0.2) is 5.91 Å². The maximum absolute atomic E-state index is 12.6. The van der Waals surface area contributed by atoms with E-state index in [1.54, 1.807) is 36.4 Å². The van der Waals surface area contributed by atoms with E-state index >= 15 is 0 Å². The first-order valence-electron chi connectivity index (χ1n) is 9.22. The minimum Gasteiger partial charge on any atom is -0.488 e. The number of rotatable bonds is 6. The molecule has 0 saturated heterocycles. The van der Waals surface area contributed by atoms with Crippen molar-refractivity contribution in [1.82, 2.24) is 0 Å². The zero-order valence-corrected chi connectivity index (χ0v) is 19.6. The molecule has 3 rings (SSSR count). The number of halogens is 3. The molecule has 0 spiro atoms. The van der Waals surface area contributed by atoms with Crippen LogP contribution in [0.5, 0.6) is 5.75 Å². The fourth-order valence-corrected chi connectivity index (χ4v) is 3.50. The van der Waals surface area contributed by atoms with Crippen LogP contribution in [0.1, 0.15) is 16.7 Å². The molecule has 0 fully saturated rings. The van der Waals surface area contributed by atoms with Gasteiger partial charge in [-0.25, -0.2) is 0 Å². The van der Waals surface area contributed by atoms with E-state index < -0.39 is 5.91 Å². The van der Waals surface area contributed by atoms with Crippen LogP contribution in [0.3, 0.4) is 0 Å². The first-order chi connectivity index (χ1) is 14.9. The molecule has 3 aromatic rings. The Morgan fingerprint density at radius 3 is 2.68 bits per heavy atom. The van der Waals surface area contributed by atoms with Crippen LogP contribution in [0, 0.1) is 18.3 Å². The molecule has 0 heterocycles. The van der Waals surface area contributed by atoms with Gasteiger partial charge < -0.3 is 10.1 Å². The van der Waals surface area contributed by atoms with E-state index in [0.29, 0.717) is 33.7 Å². The van der Waals surface area contributed by atoms with Crippen LogP contribution < -0.4 is 10.1 Å². The summed E-state index contributed by atoms with van der Waals surface area (Å²) in [5, 5.41) is 13.4. The molecular formula is C24H17BrCl2N2O2. The van der Waals surface area contributed by atoms with Crippen molar-refractivity contribution in [3.63, 3.8) is 0 Å². The molecular weight excluding hydrogens is 499 g/mol. The van der Waals surface area contributed by atoms with Gasteiger partial charge in [0.15, 0.2) is 0 Å². The molecule has 0 bridgehead atoms. The fraction of sp³-hybridized carbons (Fsp3) is 0.0833. The Kier molecular flexibility index (Phi) is 7.75. The largest absolute Gasteiger partial charge is 0.488 e. The lowest BCUT2D eigenvalue weighted by Gasteiger charge is -2.11. The minimum absolute atomic E-state index is 0.0672. The summed E-state index contributed by atoms with van der Waals surface area (Å²) < 4.78 is 6.71. The number of hydrogen-bond donors (Lipinski definition) is 1.